The lowest BCUT2D eigenvalue weighted by atomic mass is 10.1. The van der Waals surface area contributed by atoms with Gasteiger partial charge in [-0.2, -0.15) is 8.78 Å². The molecule has 0 bridgehead atoms. The Kier molecular flexibility index (Phi) is 5.44. The van der Waals surface area contributed by atoms with Crippen LogP contribution in [0.3, 0.4) is 0 Å². The van der Waals surface area contributed by atoms with E-state index in [1.807, 2.05) is 0 Å². The maximum Gasteiger partial charge on any atom is 0.387 e. The summed E-state index contributed by atoms with van der Waals surface area (Å²) < 4.78 is 28.2. The van der Waals surface area contributed by atoms with Crippen molar-refractivity contribution in [3.63, 3.8) is 0 Å². The van der Waals surface area contributed by atoms with Gasteiger partial charge in [0.1, 0.15) is 5.75 Å². The van der Waals surface area contributed by atoms with E-state index in [0.29, 0.717) is 5.56 Å². The molecule has 20 heavy (non-hydrogen) atoms. The average molecular weight is 287 g/mol. The van der Waals surface area contributed by atoms with Crippen molar-refractivity contribution in [2.24, 2.45) is 0 Å². The number of amides is 1. The maximum atomic E-state index is 12.0. The zero-order valence-corrected chi connectivity index (χ0v) is 11.8. The second kappa shape index (κ2) is 6.65. The summed E-state index contributed by atoms with van der Waals surface area (Å²) in [5.74, 6) is -0.101. The second-order valence-corrected chi connectivity index (χ2v) is 5.26. The van der Waals surface area contributed by atoms with Crippen LogP contribution >= 0.6 is 0 Å². The van der Waals surface area contributed by atoms with Crippen LogP contribution in [0, 0.1) is 0 Å². The fourth-order valence-electron chi connectivity index (χ4n) is 1.77. The van der Waals surface area contributed by atoms with Gasteiger partial charge in [0.25, 0.3) is 0 Å². The number of alkyl halides is 2. The van der Waals surface area contributed by atoms with Crippen LogP contribution in [0.5, 0.6) is 5.75 Å². The highest BCUT2D eigenvalue weighted by Gasteiger charge is 2.19. The Morgan fingerprint density at radius 3 is 2.35 bits per heavy atom. The van der Waals surface area contributed by atoms with Crippen LogP contribution in [-0.4, -0.2) is 41.7 Å². The summed E-state index contributed by atoms with van der Waals surface area (Å²) in [6.45, 7) is 0.597. The fourth-order valence-corrected chi connectivity index (χ4v) is 1.77. The molecule has 0 saturated carbocycles. The lowest BCUT2D eigenvalue weighted by Gasteiger charge is -2.25. The van der Waals surface area contributed by atoms with Crippen molar-refractivity contribution in [1.29, 1.82) is 0 Å². The monoisotopic (exact) mass is 287 g/mol. The van der Waals surface area contributed by atoms with Gasteiger partial charge in [-0.25, -0.2) is 0 Å². The number of carbonyl (C=O) groups is 1. The van der Waals surface area contributed by atoms with Gasteiger partial charge in [-0.05, 0) is 31.5 Å². The number of rotatable bonds is 6. The Labute approximate surface area is 117 Å². The highest BCUT2D eigenvalue weighted by atomic mass is 19.3. The fraction of sp³-hybridized carbons (Fsp3) is 0.500. The van der Waals surface area contributed by atoms with Gasteiger partial charge >= 0.3 is 6.61 Å². The SMILES string of the molecule is CN(CC(C)(C)O)C(=O)Cc1ccc(OC(F)F)cc1. The highest BCUT2D eigenvalue weighted by Crippen LogP contribution is 2.15. The van der Waals surface area contributed by atoms with Gasteiger partial charge in [-0.1, -0.05) is 12.1 Å². The third-order valence-corrected chi connectivity index (χ3v) is 2.55. The van der Waals surface area contributed by atoms with Crippen molar-refractivity contribution in [3.05, 3.63) is 29.8 Å². The standard InChI is InChI=1S/C14H19F2NO3/c1-14(2,19)9-17(3)12(18)8-10-4-6-11(7-5-10)20-13(15)16/h4-7,13,19H,8-9H2,1-3H3. The number of hydrogen-bond donors (Lipinski definition) is 1. The number of benzene rings is 1. The van der Waals surface area contributed by atoms with Crippen molar-refractivity contribution >= 4 is 5.91 Å². The largest absolute Gasteiger partial charge is 0.435 e. The first-order valence-electron chi connectivity index (χ1n) is 6.17. The Hall–Kier alpha value is -1.69. The van der Waals surface area contributed by atoms with E-state index in [1.54, 1.807) is 33.0 Å². The first kappa shape index (κ1) is 16.4. The van der Waals surface area contributed by atoms with Crippen LogP contribution in [-0.2, 0) is 11.2 Å². The molecule has 1 aromatic rings. The van der Waals surface area contributed by atoms with E-state index >= 15 is 0 Å². The number of hydrogen-bond acceptors (Lipinski definition) is 3. The van der Waals surface area contributed by atoms with Crippen molar-refractivity contribution in [3.8, 4) is 5.75 Å². The molecule has 112 valence electrons. The van der Waals surface area contributed by atoms with Gasteiger partial charge in [0.2, 0.25) is 5.91 Å². The summed E-state index contributed by atoms with van der Waals surface area (Å²) in [4.78, 5) is 13.4. The predicted molar refractivity (Wildman–Crippen MR) is 70.7 cm³/mol. The zero-order chi connectivity index (χ0) is 15.3. The van der Waals surface area contributed by atoms with E-state index < -0.39 is 12.2 Å². The zero-order valence-electron chi connectivity index (χ0n) is 11.8. The molecule has 0 atom stereocenters. The topological polar surface area (TPSA) is 49.8 Å². The molecule has 0 saturated heterocycles. The van der Waals surface area contributed by atoms with Crippen molar-refractivity contribution in [2.75, 3.05) is 13.6 Å². The first-order valence-corrected chi connectivity index (χ1v) is 6.17. The highest BCUT2D eigenvalue weighted by molar-refractivity contribution is 5.78. The summed E-state index contributed by atoms with van der Waals surface area (Å²) in [6.07, 6.45) is 0.140. The summed E-state index contributed by atoms with van der Waals surface area (Å²) in [7, 11) is 1.61. The predicted octanol–water partition coefficient (Wildman–Crippen LogP) is 2.06. The third kappa shape index (κ3) is 5.97. The van der Waals surface area contributed by atoms with Crippen molar-refractivity contribution in [2.45, 2.75) is 32.5 Å². The smallest absolute Gasteiger partial charge is 0.387 e. The molecular formula is C14H19F2NO3. The molecule has 0 radical (unpaired) electrons. The average Bonchev–Trinajstić information content (AvgIpc) is 2.28. The minimum absolute atomic E-state index is 0.0565. The number of ether oxygens (including phenoxy) is 1. The lowest BCUT2D eigenvalue weighted by Crippen LogP contribution is -2.40. The second-order valence-electron chi connectivity index (χ2n) is 5.26. The first-order chi connectivity index (χ1) is 9.17. The quantitative estimate of drug-likeness (QED) is 0.871. The van der Waals surface area contributed by atoms with Crippen molar-refractivity contribution < 1.29 is 23.4 Å². The normalized spacial score (nSPS) is 11.6. The van der Waals surface area contributed by atoms with Crippen molar-refractivity contribution in [1.82, 2.24) is 4.90 Å². The van der Waals surface area contributed by atoms with Crippen LogP contribution in [0.25, 0.3) is 0 Å². The molecule has 1 rings (SSSR count). The molecule has 0 aliphatic heterocycles. The Morgan fingerprint density at radius 1 is 1.35 bits per heavy atom. The third-order valence-electron chi connectivity index (χ3n) is 2.55. The molecule has 0 fully saturated rings. The number of halogens is 2. The molecule has 0 heterocycles. The van der Waals surface area contributed by atoms with E-state index in [1.165, 1.54) is 17.0 Å². The number of likely N-dealkylation sites (N-methyl/N-ethyl adjacent to an activating group) is 1. The minimum atomic E-state index is -2.86. The van der Waals surface area contributed by atoms with Gasteiger partial charge in [-0.15, -0.1) is 0 Å². The Bertz CT molecular complexity index is 441. The molecular weight excluding hydrogens is 268 g/mol. The van der Waals surface area contributed by atoms with Gasteiger partial charge in [0.15, 0.2) is 0 Å². The molecule has 4 nitrogen and oxygen atoms in total. The van der Waals surface area contributed by atoms with E-state index in [4.69, 9.17) is 0 Å². The summed E-state index contributed by atoms with van der Waals surface area (Å²) in [6, 6.07) is 5.91. The van der Waals surface area contributed by atoms with Crippen LogP contribution in [0.1, 0.15) is 19.4 Å². The van der Waals surface area contributed by atoms with Gasteiger partial charge < -0.3 is 14.7 Å². The minimum Gasteiger partial charge on any atom is -0.435 e. The molecule has 0 aliphatic carbocycles. The van der Waals surface area contributed by atoms with Crippen LogP contribution in [0.4, 0.5) is 8.78 Å². The van der Waals surface area contributed by atoms with Gasteiger partial charge in [-0.3, -0.25) is 4.79 Å². The number of nitrogens with zero attached hydrogens (tertiary/aromatic N) is 1. The number of aliphatic hydroxyl groups is 1. The van der Waals surface area contributed by atoms with Crippen LogP contribution in [0.15, 0.2) is 24.3 Å². The van der Waals surface area contributed by atoms with Gasteiger partial charge in [0, 0.05) is 13.6 Å². The molecule has 1 amide bonds. The summed E-state index contributed by atoms with van der Waals surface area (Å²) in [5, 5.41) is 9.64. The molecule has 0 unspecified atom stereocenters. The van der Waals surface area contributed by atoms with E-state index in [0.717, 1.165) is 0 Å². The molecule has 1 aromatic carbocycles. The van der Waals surface area contributed by atoms with Gasteiger partial charge in [0.05, 0.1) is 12.0 Å². The Morgan fingerprint density at radius 2 is 1.90 bits per heavy atom. The summed E-state index contributed by atoms with van der Waals surface area (Å²) >= 11 is 0. The van der Waals surface area contributed by atoms with Crippen LogP contribution < -0.4 is 4.74 Å². The molecule has 0 aromatic heterocycles. The molecule has 0 spiro atoms. The van der Waals surface area contributed by atoms with E-state index in [9.17, 15) is 18.7 Å². The lowest BCUT2D eigenvalue weighted by molar-refractivity contribution is -0.131. The Balaban J connectivity index is 2.58. The van der Waals surface area contributed by atoms with Crippen LogP contribution in [0.2, 0.25) is 0 Å². The maximum absolute atomic E-state index is 12.0. The summed E-state index contributed by atoms with van der Waals surface area (Å²) in [5.41, 5.74) is -0.265. The van der Waals surface area contributed by atoms with E-state index in [2.05, 4.69) is 4.74 Å². The van der Waals surface area contributed by atoms with E-state index in [-0.39, 0.29) is 24.6 Å². The molecule has 1 N–H and O–H groups in total. The number of carbonyl (C=O) groups excluding carboxylic acids is 1. The molecule has 0 aliphatic rings. The molecule has 6 heteroatoms.